The predicted molar refractivity (Wildman–Crippen MR) is 79.4 cm³/mol. The number of carbonyl (C=O) groups is 2. The first-order valence-corrected chi connectivity index (χ1v) is 7.37. The molecule has 0 heterocycles. The predicted octanol–water partition coefficient (Wildman–Crippen LogP) is 2.40. The Balaban J connectivity index is 2.13. The summed E-state index contributed by atoms with van der Waals surface area (Å²) in [5, 5.41) is 12.0. The van der Waals surface area contributed by atoms with Crippen LogP contribution in [0.25, 0.3) is 0 Å². The van der Waals surface area contributed by atoms with Crippen molar-refractivity contribution >= 4 is 33.5 Å². The van der Waals surface area contributed by atoms with E-state index in [1.807, 2.05) is 0 Å². The number of benzene rings is 1. The maximum Gasteiger partial charge on any atom is 0.308 e. The molecule has 1 saturated carbocycles. The van der Waals surface area contributed by atoms with Crippen LogP contribution in [0.2, 0.25) is 0 Å². The van der Waals surface area contributed by atoms with E-state index in [2.05, 4.69) is 21.2 Å². The minimum absolute atomic E-state index is 0.290. The van der Waals surface area contributed by atoms with Crippen molar-refractivity contribution in [2.75, 3.05) is 5.73 Å². The van der Waals surface area contributed by atoms with E-state index in [1.165, 1.54) is 0 Å². The molecule has 2 rings (SSSR count). The van der Waals surface area contributed by atoms with Gasteiger partial charge in [-0.1, -0.05) is 12.8 Å². The Kier molecular flexibility index (Phi) is 4.65. The van der Waals surface area contributed by atoms with E-state index in [0.29, 0.717) is 28.6 Å². The van der Waals surface area contributed by atoms with Crippen molar-refractivity contribution in [1.29, 1.82) is 0 Å². The second-order valence-corrected chi connectivity index (χ2v) is 5.90. The molecule has 0 spiro atoms. The molecule has 1 fully saturated rings. The molecule has 2 unspecified atom stereocenters. The summed E-state index contributed by atoms with van der Waals surface area (Å²) in [5.41, 5.74) is 6.61. The van der Waals surface area contributed by atoms with Gasteiger partial charge in [0.05, 0.1) is 11.5 Å². The molecule has 0 bridgehead atoms. The Morgan fingerprint density at radius 3 is 2.70 bits per heavy atom. The number of carboxylic acid groups (broad SMARTS) is 1. The standard InChI is InChI=1S/C14H17BrN2O3/c15-11-6-5-8(16)7-10(11)13(18)17-12-4-2-1-3-9(12)14(19)20/h5-7,9,12H,1-4,16H2,(H,17,18)(H,19,20). The van der Waals surface area contributed by atoms with Gasteiger partial charge in [-0.05, 0) is 47.0 Å². The van der Waals surface area contributed by atoms with E-state index in [4.69, 9.17) is 5.73 Å². The lowest BCUT2D eigenvalue weighted by Crippen LogP contribution is -2.45. The normalized spacial score (nSPS) is 22.2. The molecule has 5 nitrogen and oxygen atoms in total. The third kappa shape index (κ3) is 3.30. The van der Waals surface area contributed by atoms with Crippen LogP contribution in [0.15, 0.2) is 22.7 Å². The van der Waals surface area contributed by atoms with Crippen LogP contribution in [-0.2, 0) is 4.79 Å². The second kappa shape index (κ2) is 6.26. The molecule has 0 aliphatic heterocycles. The van der Waals surface area contributed by atoms with Gasteiger partial charge in [0, 0.05) is 16.2 Å². The summed E-state index contributed by atoms with van der Waals surface area (Å²) in [6, 6.07) is 4.67. The minimum Gasteiger partial charge on any atom is -0.481 e. The lowest BCUT2D eigenvalue weighted by molar-refractivity contribution is -0.143. The average molecular weight is 341 g/mol. The molecule has 0 saturated heterocycles. The van der Waals surface area contributed by atoms with Gasteiger partial charge >= 0.3 is 5.97 Å². The van der Waals surface area contributed by atoms with E-state index >= 15 is 0 Å². The van der Waals surface area contributed by atoms with Crippen molar-refractivity contribution in [2.45, 2.75) is 31.7 Å². The molecule has 108 valence electrons. The van der Waals surface area contributed by atoms with E-state index in [-0.39, 0.29) is 11.9 Å². The number of rotatable bonds is 3. The number of hydrogen-bond donors (Lipinski definition) is 3. The van der Waals surface area contributed by atoms with E-state index < -0.39 is 11.9 Å². The van der Waals surface area contributed by atoms with Crippen LogP contribution in [0.5, 0.6) is 0 Å². The largest absolute Gasteiger partial charge is 0.481 e. The summed E-state index contributed by atoms with van der Waals surface area (Å²) in [7, 11) is 0. The van der Waals surface area contributed by atoms with Crippen molar-refractivity contribution < 1.29 is 14.7 Å². The number of nitrogen functional groups attached to an aromatic ring is 1. The number of carbonyl (C=O) groups excluding carboxylic acids is 1. The minimum atomic E-state index is -0.846. The van der Waals surface area contributed by atoms with Gasteiger partial charge in [-0.15, -0.1) is 0 Å². The molecular formula is C14H17BrN2O3. The summed E-state index contributed by atoms with van der Waals surface area (Å²) in [6.45, 7) is 0. The van der Waals surface area contributed by atoms with Crippen molar-refractivity contribution in [1.82, 2.24) is 5.32 Å². The zero-order chi connectivity index (χ0) is 14.7. The highest BCUT2D eigenvalue weighted by Gasteiger charge is 2.32. The van der Waals surface area contributed by atoms with E-state index in [1.54, 1.807) is 18.2 Å². The molecular weight excluding hydrogens is 324 g/mol. The Morgan fingerprint density at radius 1 is 1.30 bits per heavy atom. The smallest absolute Gasteiger partial charge is 0.308 e. The van der Waals surface area contributed by atoms with Gasteiger partial charge in [-0.25, -0.2) is 0 Å². The van der Waals surface area contributed by atoms with Crippen molar-refractivity contribution in [3.63, 3.8) is 0 Å². The number of aliphatic carboxylic acids is 1. The average Bonchev–Trinajstić information content (AvgIpc) is 2.41. The second-order valence-electron chi connectivity index (χ2n) is 5.05. The van der Waals surface area contributed by atoms with Crippen molar-refractivity contribution in [3.8, 4) is 0 Å². The molecule has 4 N–H and O–H groups in total. The summed E-state index contributed by atoms with van der Waals surface area (Å²) in [5.74, 6) is -1.64. The van der Waals surface area contributed by atoms with Crippen LogP contribution >= 0.6 is 15.9 Å². The van der Waals surface area contributed by atoms with Crippen molar-refractivity contribution in [3.05, 3.63) is 28.2 Å². The summed E-state index contributed by atoms with van der Waals surface area (Å²) in [6.07, 6.45) is 3.14. The lowest BCUT2D eigenvalue weighted by atomic mass is 9.84. The molecule has 1 aromatic rings. The van der Waals surface area contributed by atoms with E-state index in [0.717, 1.165) is 12.8 Å². The van der Waals surface area contributed by atoms with Gasteiger partial charge in [0.25, 0.3) is 5.91 Å². The quantitative estimate of drug-likeness (QED) is 0.736. The Bertz CT molecular complexity index is 533. The molecule has 6 heteroatoms. The number of halogens is 1. The Hall–Kier alpha value is -1.56. The first-order valence-electron chi connectivity index (χ1n) is 6.57. The third-order valence-corrected chi connectivity index (χ3v) is 4.33. The van der Waals surface area contributed by atoms with Crippen LogP contribution in [0.1, 0.15) is 36.0 Å². The number of anilines is 1. The zero-order valence-electron chi connectivity index (χ0n) is 10.9. The molecule has 0 radical (unpaired) electrons. The maximum absolute atomic E-state index is 12.3. The highest BCUT2D eigenvalue weighted by molar-refractivity contribution is 9.10. The fourth-order valence-electron chi connectivity index (χ4n) is 2.56. The first kappa shape index (κ1) is 14.8. The van der Waals surface area contributed by atoms with Crippen LogP contribution in [-0.4, -0.2) is 23.0 Å². The fourth-order valence-corrected chi connectivity index (χ4v) is 2.99. The summed E-state index contributed by atoms with van der Waals surface area (Å²) in [4.78, 5) is 23.5. The van der Waals surface area contributed by atoms with Crippen LogP contribution < -0.4 is 11.1 Å². The molecule has 1 aromatic carbocycles. The van der Waals surface area contributed by atoms with Crippen LogP contribution in [0.3, 0.4) is 0 Å². The van der Waals surface area contributed by atoms with Gasteiger partial charge in [0.2, 0.25) is 0 Å². The van der Waals surface area contributed by atoms with Gasteiger partial charge in [0.15, 0.2) is 0 Å². The highest BCUT2D eigenvalue weighted by atomic mass is 79.9. The lowest BCUT2D eigenvalue weighted by Gasteiger charge is -2.29. The van der Waals surface area contributed by atoms with Gasteiger partial charge in [-0.3, -0.25) is 9.59 Å². The van der Waals surface area contributed by atoms with Crippen LogP contribution in [0, 0.1) is 5.92 Å². The molecule has 1 aliphatic rings. The van der Waals surface area contributed by atoms with Crippen LogP contribution in [0.4, 0.5) is 5.69 Å². The summed E-state index contributed by atoms with van der Waals surface area (Å²) >= 11 is 3.31. The number of nitrogens with one attached hydrogen (secondary N) is 1. The van der Waals surface area contributed by atoms with Gasteiger partial charge < -0.3 is 16.2 Å². The first-order chi connectivity index (χ1) is 9.49. The summed E-state index contributed by atoms with van der Waals surface area (Å²) < 4.78 is 0.645. The highest BCUT2D eigenvalue weighted by Crippen LogP contribution is 2.26. The SMILES string of the molecule is Nc1ccc(Br)c(C(=O)NC2CCCCC2C(=O)O)c1. The molecule has 1 amide bonds. The van der Waals surface area contributed by atoms with Gasteiger partial charge in [-0.2, -0.15) is 0 Å². The zero-order valence-corrected chi connectivity index (χ0v) is 12.5. The molecule has 20 heavy (non-hydrogen) atoms. The van der Waals surface area contributed by atoms with Crippen molar-refractivity contribution in [2.24, 2.45) is 5.92 Å². The van der Waals surface area contributed by atoms with Gasteiger partial charge in [0.1, 0.15) is 0 Å². The number of hydrogen-bond acceptors (Lipinski definition) is 3. The molecule has 0 aromatic heterocycles. The monoisotopic (exact) mass is 340 g/mol. The Labute approximate surface area is 125 Å². The van der Waals surface area contributed by atoms with E-state index in [9.17, 15) is 14.7 Å². The topological polar surface area (TPSA) is 92.4 Å². The maximum atomic E-state index is 12.3. The fraction of sp³-hybridized carbons (Fsp3) is 0.429. The molecule has 2 atom stereocenters. The number of amides is 1. The number of nitrogens with two attached hydrogens (primary N) is 1. The molecule has 1 aliphatic carbocycles. The Morgan fingerprint density at radius 2 is 2.00 bits per heavy atom. The number of carboxylic acids is 1. The third-order valence-electron chi connectivity index (χ3n) is 3.63.